The Balaban J connectivity index is 2.17. The van der Waals surface area contributed by atoms with Gasteiger partial charge in [-0.05, 0) is 50.1 Å². The van der Waals surface area contributed by atoms with Crippen molar-refractivity contribution in [2.24, 2.45) is 0 Å². The molecule has 82 valence electrons. The quantitative estimate of drug-likeness (QED) is 0.880. The summed E-state index contributed by atoms with van der Waals surface area (Å²) in [6.45, 7) is 0. The molecular formula is C10H6Br2N2OS. The number of hydrogen-bond donors (Lipinski definition) is 1. The van der Waals surface area contributed by atoms with E-state index in [0.717, 1.165) is 8.26 Å². The Labute approximate surface area is 113 Å². The number of amides is 1. The molecule has 0 radical (unpaired) electrons. The van der Waals surface area contributed by atoms with Crippen molar-refractivity contribution in [3.63, 3.8) is 0 Å². The van der Waals surface area contributed by atoms with E-state index in [0.29, 0.717) is 10.6 Å². The molecule has 0 aliphatic heterocycles. The highest BCUT2D eigenvalue weighted by molar-refractivity contribution is 9.11. The lowest BCUT2D eigenvalue weighted by molar-refractivity contribution is 0.103. The lowest BCUT2D eigenvalue weighted by Crippen LogP contribution is -2.10. The minimum absolute atomic E-state index is 0.123. The molecule has 1 amide bonds. The number of thiophene rings is 1. The van der Waals surface area contributed by atoms with E-state index in [1.54, 1.807) is 24.5 Å². The highest BCUT2D eigenvalue weighted by Crippen LogP contribution is 2.25. The molecule has 2 heterocycles. The summed E-state index contributed by atoms with van der Waals surface area (Å²) in [6, 6.07) is 5.37. The van der Waals surface area contributed by atoms with Crippen LogP contribution in [0.5, 0.6) is 0 Å². The van der Waals surface area contributed by atoms with E-state index >= 15 is 0 Å². The van der Waals surface area contributed by atoms with Crippen molar-refractivity contribution in [1.29, 1.82) is 0 Å². The lowest BCUT2D eigenvalue weighted by atomic mass is 10.4. The van der Waals surface area contributed by atoms with Crippen LogP contribution in [0.25, 0.3) is 0 Å². The maximum absolute atomic E-state index is 11.8. The molecule has 0 bridgehead atoms. The van der Waals surface area contributed by atoms with E-state index in [-0.39, 0.29) is 5.91 Å². The van der Waals surface area contributed by atoms with Gasteiger partial charge in [-0.1, -0.05) is 0 Å². The van der Waals surface area contributed by atoms with Crippen LogP contribution in [0.4, 0.5) is 5.69 Å². The molecule has 2 aromatic heterocycles. The zero-order valence-electron chi connectivity index (χ0n) is 7.91. The summed E-state index contributed by atoms with van der Waals surface area (Å²) < 4.78 is 1.70. The second kappa shape index (κ2) is 5.07. The third kappa shape index (κ3) is 2.69. The molecule has 0 fully saturated rings. The van der Waals surface area contributed by atoms with Gasteiger partial charge in [-0.2, -0.15) is 0 Å². The third-order valence-electron chi connectivity index (χ3n) is 1.82. The van der Waals surface area contributed by atoms with E-state index in [2.05, 4.69) is 42.2 Å². The summed E-state index contributed by atoms with van der Waals surface area (Å²) in [5.41, 5.74) is 0.713. The second-order valence-electron chi connectivity index (χ2n) is 2.91. The first kappa shape index (κ1) is 11.8. The molecule has 0 spiro atoms. The number of carbonyl (C=O) groups excluding carboxylic acids is 1. The maximum Gasteiger partial charge on any atom is 0.265 e. The second-order valence-corrected chi connectivity index (χ2v) is 6.23. The molecule has 3 nitrogen and oxygen atoms in total. The van der Waals surface area contributed by atoms with Crippen LogP contribution >= 0.6 is 43.2 Å². The molecule has 16 heavy (non-hydrogen) atoms. The van der Waals surface area contributed by atoms with Crippen LogP contribution in [-0.2, 0) is 0 Å². The molecule has 0 atom stereocenters. The average molecular weight is 362 g/mol. The summed E-state index contributed by atoms with van der Waals surface area (Å²) in [5.74, 6) is -0.123. The number of halogens is 2. The van der Waals surface area contributed by atoms with Crippen molar-refractivity contribution >= 4 is 54.8 Å². The van der Waals surface area contributed by atoms with E-state index in [1.165, 1.54) is 11.3 Å². The average Bonchev–Trinajstić information content (AvgIpc) is 2.68. The Bertz CT molecular complexity index is 527. The predicted octanol–water partition coefficient (Wildman–Crippen LogP) is 3.92. The van der Waals surface area contributed by atoms with Crippen LogP contribution < -0.4 is 5.32 Å². The third-order valence-corrected chi connectivity index (χ3v) is 4.07. The molecule has 0 saturated heterocycles. The number of hydrogen-bond acceptors (Lipinski definition) is 3. The van der Waals surface area contributed by atoms with Gasteiger partial charge in [0.25, 0.3) is 5.91 Å². The fourth-order valence-corrected chi connectivity index (χ4v) is 2.73. The van der Waals surface area contributed by atoms with E-state index in [1.807, 2.05) is 6.07 Å². The number of anilines is 1. The topological polar surface area (TPSA) is 42.0 Å². The first-order valence-electron chi connectivity index (χ1n) is 4.33. The molecule has 0 unspecified atom stereocenters. The van der Waals surface area contributed by atoms with Crippen molar-refractivity contribution in [1.82, 2.24) is 4.98 Å². The minimum atomic E-state index is -0.123. The van der Waals surface area contributed by atoms with Crippen molar-refractivity contribution in [3.8, 4) is 0 Å². The van der Waals surface area contributed by atoms with Gasteiger partial charge in [0.2, 0.25) is 0 Å². The van der Waals surface area contributed by atoms with Gasteiger partial charge in [-0.3, -0.25) is 9.78 Å². The Kier molecular flexibility index (Phi) is 3.73. The first-order chi connectivity index (χ1) is 7.66. The number of nitrogens with zero attached hydrogens (tertiary/aromatic N) is 1. The summed E-state index contributed by atoms with van der Waals surface area (Å²) in [7, 11) is 0. The van der Waals surface area contributed by atoms with E-state index in [9.17, 15) is 4.79 Å². The molecule has 2 rings (SSSR count). The number of rotatable bonds is 2. The van der Waals surface area contributed by atoms with Crippen molar-refractivity contribution in [3.05, 3.63) is 43.7 Å². The molecule has 0 aromatic carbocycles. The Morgan fingerprint density at radius 2 is 2.12 bits per heavy atom. The van der Waals surface area contributed by atoms with Crippen LogP contribution in [0.3, 0.4) is 0 Å². The standard InChI is InChI=1S/C10H6Br2N2OS/c11-6-5-13-4-3-7(6)14-10(15)8-1-2-9(12)16-8/h1-5H,(H,13,14,15). The minimum Gasteiger partial charge on any atom is -0.320 e. The monoisotopic (exact) mass is 360 g/mol. The van der Waals surface area contributed by atoms with Crippen LogP contribution in [-0.4, -0.2) is 10.9 Å². The van der Waals surface area contributed by atoms with Crippen molar-refractivity contribution in [2.75, 3.05) is 5.32 Å². The van der Waals surface area contributed by atoms with Crippen LogP contribution in [0, 0.1) is 0 Å². The van der Waals surface area contributed by atoms with Crippen LogP contribution in [0.2, 0.25) is 0 Å². The highest BCUT2D eigenvalue weighted by atomic mass is 79.9. The van der Waals surface area contributed by atoms with Crippen LogP contribution in [0.15, 0.2) is 38.9 Å². The summed E-state index contributed by atoms with van der Waals surface area (Å²) in [6.07, 6.45) is 3.27. The van der Waals surface area contributed by atoms with E-state index in [4.69, 9.17) is 0 Å². The lowest BCUT2D eigenvalue weighted by Gasteiger charge is -2.04. The van der Waals surface area contributed by atoms with Gasteiger partial charge in [0, 0.05) is 12.4 Å². The number of aromatic nitrogens is 1. The van der Waals surface area contributed by atoms with Crippen LogP contribution in [0.1, 0.15) is 9.67 Å². The Morgan fingerprint density at radius 1 is 1.31 bits per heavy atom. The van der Waals surface area contributed by atoms with Gasteiger partial charge in [-0.25, -0.2) is 0 Å². The molecule has 0 aliphatic carbocycles. The van der Waals surface area contributed by atoms with Gasteiger partial charge in [0.05, 0.1) is 18.8 Å². The first-order valence-corrected chi connectivity index (χ1v) is 6.73. The molecular weight excluding hydrogens is 356 g/mol. The van der Waals surface area contributed by atoms with Gasteiger partial charge in [-0.15, -0.1) is 11.3 Å². The van der Waals surface area contributed by atoms with Gasteiger partial charge >= 0.3 is 0 Å². The molecule has 0 aliphatic rings. The van der Waals surface area contributed by atoms with Crippen molar-refractivity contribution < 1.29 is 4.79 Å². The molecule has 2 aromatic rings. The summed E-state index contributed by atoms with van der Waals surface area (Å²) in [5, 5.41) is 2.80. The molecule has 0 saturated carbocycles. The number of carbonyl (C=O) groups is 1. The molecule has 6 heteroatoms. The van der Waals surface area contributed by atoms with Gasteiger partial charge in [0.1, 0.15) is 0 Å². The molecule has 1 N–H and O–H groups in total. The summed E-state index contributed by atoms with van der Waals surface area (Å²) >= 11 is 8.03. The SMILES string of the molecule is O=C(Nc1ccncc1Br)c1ccc(Br)s1. The number of pyridine rings is 1. The maximum atomic E-state index is 11.8. The number of nitrogens with one attached hydrogen (secondary N) is 1. The fraction of sp³-hybridized carbons (Fsp3) is 0. The van der Waals surface area contributed by atoms with Crippen molar-refractivity contribution in [2.45, 2.75) is 0 Å². The Morgan fingerprint density at radius 3 is 2.75 bits per heavy atom. The smallest absolute Gasteiger partial charge is 0.265 e. The zero-order chi connectivity index (χ0) is 11.5. The predicted molar refractivity (Wildman–Crippen MR) is 71.9 cm³/mol. The van der Waals surface area contributed by atoms with Gasteiger partial charge < -0.3 is 5.32 Å². The van der Waals surface area contributed by atoms with Gasteiger partial charge in [0.15, 0.2) is 0 Å². The Hall–Kier alpha value is -0.720. The zero-order valence-corrected chi connectivity index (χ0v) is 11.9. The normalized spacial score (nSPS) is 10.1. The largest absolute Gasteiger partial charge is 0.320 e. The fourth-order valence-electron chi connectivity index (χ4n) is 1.10. The summed E-state index contributed by atoms with van der Waals surface area (Å²) in [4.78, 5) is 16.4. The highest BCUT2D eigenvalue weighted by Gasteiger charge is 2.10. The van der Waals surface area contributed by atoms with E-state index < -0.39 is 0 Å².